The molecule has 3 aromatic rings. The van der Waals surface area contributed by atoms with Crippen LogP contribution in [0.1, 0.15) is 17.3 Å². The average Bonchev–Trinajstić information content (AvgIpc) is 2.87. The minimum absolute atomic E-state index is 0.0265. The molecule has 2 N–H and O–H groups in total. The second-order valence-corrected chi connectivity index (χ2v) is 10.3. The van der Waals surface area contributed by atoms with Crippen molar-refractivity contribution in [2.75, 3.05) is 0 Å². The van der Waals surface area contributed by atoms with E-state index in [2.05, 4.69) is 9.71 Å². The summed E-state index contributed by atoms with van der Waals surface area (Å²) in [5.74, 6) is 0. The topological polar surface area (TPSA) is 62.0 Å². The molecule has 1 unspecified atom stereocenters. The van der Waals surface area contributed by atoms with Gasteiger partial charge >= 0.3 is 0 Å². The van der Waals surface area contributed by atoms with Crippen LogP contribution in [0.3, 0.4) is 0 Å². The molecule has 0 saturated carbocycles. The van der Waals surface area contributed by atoms with Crippen LogP contribution >= 0.6 is 46.4 Å². The molecular weight excluding hydrogens is 438 g/mol. The molecule has 26 heavy (non-hydrogen) atoms. The fourth-order valence-corrected chi connectivity index (χ4v) is 4.84. The Morgan fingerprint density at radius 3 is 2.27 bits per heavy atom. The third-order valence-electron chi connectivity index (χ3n) is 3.96. The first kappa shape index (κ1) is 19.8. The van der Waals surface area contributed by atoms with Gasteiger partial charge in [-0.05, 0) is 37.3 Å². The summed E-state index contributed by atoms with van der Waals surface area (Å²) < 4.78 is 26.2. The van der Waals surface area contributed by atoms with E-state index in [1.165, 1.54) is 24.3 Å². The molecule has 0 aliphatic rings. The molecule has 9 heteroatoms. The van der Waals surface area contributed by atoms with E-state index in [9.17, 15) is 8.42 Å². The summed E-state index contributed by atoms with van der Waals surface area (Å²) in [5.41, 5.74) is 2.12. The zero-order valence-corrected chi connectivity index (χ0v) is 17.3. The second kappa shape index (κ2) is 7.23. The molecule has 0 radical (unpaired) electrons. The molecule has 2 aromatic carbocycles. The fourth-order valence-electron chi connectivity index (χ4n) is 2.80. The number of aromatic amines is 1. The molecule has 0 bridgehead atoms. The molecule has 0 fully saturated rings. The van der Waals surface area contributed by atoms with E-state index < -0.39 is 19.9 Å². The predicted octanol–water partition coefficient (Wildman–Crippen LogP) is 5.52. The maximum atomic E-state index is 12.8. The van der Waals surface area contributed by atoms with Crippen molar-refractivity contribution in [1.29, 1.82) is 0 Å². The summed E-state index contributed by atoms with van der Waals surface area (Å²) >= 11 is 24.3. The lowest BCUT2D eigenvalue weighted by molar-refractivity contribution is 0.558. The SMILES string of the molecule is Cc1[nH]c2ccccc2c1C(NS(=O)(=O)c1ccc(Cl)cc1)C(Cl)(Cl)Cl. The van der Waals surface area contributed by atoms with Gasteiger partial charge in [0.25, 0.3) is 0 Å². The highest BCUT2D eigenvalue weighted by Crippen LogP contribution is 2.44. The Balaban J connectivity index is 2.10. The highest BCUT2D eigenvalue weighted by atomic mass is 35.6. The van der Waals surface area contributed by atoms with Crippen LogP contribution in [0.15, 0.2) is 53.4 Å². The van der Waals surface area contributed by atoms with Crippen LogP contribution in [0.4, 0.5) is 0 Å². The Bertz CT molecular complexity index is 1040. The molecule has 0 spiro atoms. The number of para-hydroxylation sites is 1. The largest absolute Gasteiger partial charge is 0.358 e. The van der Waals surface area contributed by atoms with Crippen molar-refractivity contribution >= 4 is 67.3 Å². The van der Waals surface area contributed by atoms with Crippen LogP contribution in [-0.2, 0) is 10.0 Å². The fraction of sp³-hybridized carbons (Fsp3) is 0.176. The third kappa shape index (κ3) is 3.98. The molecule has 3 rings (SSSR count). The van der Waals surface area contributed by atoms with Gasteiger partial charge in [-0.2, -0.15) is 4.72 Å². The van der Waals surface area contributed by atoms with Crippen molar-refractivity contribution < 1.29 is 8.42 Å². The number of benzene rings is 2. The molecule has 0 aliphatic carbocycles. The summed E-state index contributed by atoms with van der Waals surface area (Å²) in [6, 6.07) is 12.1. The summed E-state index contributed by atoms with van der Waals surface area (Å²) in [6.07, 6.45) is 0. The van der Waals surface area contributed by atoms with Crippen molar-refractivity contribution in [2.45, 2.75) is 21.7 Å². The first-order valence-corrected chi connectivity index (χ1v) is 10.5. The third-order valence-corrected chi connectivity index (χ3v) is 6.30. The van der Waals surface area contributed by atoms with Gasteiger partial charge < -0.3 is 4.98 Å². The molecule has 1 atom stereocenters. The Labute approximate surface area is 171 Å². The van der Waals surface area contributed by atoms with Gasteiger partial charge in [-0.3, -0.25) is 0 Å². The molecule has 0 amide bonds. The van der Waals surface area contributed by atoms with Gasteiger partial charge in [0.1, 0.15) is 0 Å². The summed E-state index contributed by atoms with van der Waals surface area (Å²) in [5, 5.41) is 1.20. The highest BCUT2D eigenvalue weighted by molar-refractivity contribution is 7.89. The van der Waals surface area contributed by atoms with E-state index in [-0.39, 0.29) is 4.90 Å². The zero-order chi connectivity index (χ0) is 19.1. The number of aromatic nitrogens is 1. The van der Waals surface area contributed by atoms with Crippen molar-refractivity contribution in [3.63, 3.8) is 0 Å². The van der Waals surface area contributed by atoms with Crippen molar-refractivity contribution in [1.82, 2.24) is 9.71 Å². The van der Waals surface area contributed by atoms with Gasteiger partial charge in [0.2, 0.25) is 13.8 Å². The lowest BCUT2D eigenvalue weighted by atomic mass is 10.0. The maximum Gasteiger partial charge on any atom is 0.241 e. The van der Waals surface area contributed by atoms with Gasteiger partial charge in [-0.1, -0.05) is 64.6 Å². The van der Waals surface area contributed by atoms with Gasteiger partial charge in [0, 0.05) is 27.2 Å². The Morgan fingerprint density at radius 2 is 1.65 bits per heavy atom. The number of hydrogen-bond donors (Lipinski definition) is 2. The molecule has 0 aliphatic heterocycles. The lowest BCUT2D eigenvalue weighted by Gasteiger charge is -2.26. The number of alkyl halides is 3. The van der Waals surface area contributed by atoms with Crippen LogP contribution in [0.2, 0.25) is 5.02 Å². The highest BCUT2D eigenvalue weighted by Gasteiger charge is 2.39. The van der Waals surface area contributed by atoms with Crippen LogP contribution in [0, 0.1) is 6.92 Å². The molecule has 0 saturated heterocycles. The Kier molecular flexibility index (Phi) is 5.50. The molecule has 1 heterocycles. The Hall–Kier alpha value is -0.950. The number of sulfonamides is 1. The maximum absolute atomic E-state index is 12.8. The van der Waals surface area contributed by atoms with Crippen LogP contribution < -0.4 is 4.72 Å². The quantitative estimate of drug-likeness (QED) is 0.513. The van der Waals surface area contributed by atoms with Crippen LogP contribution in [0.5, 0.6) is 0 Å². The van der Waals surface area contributed by atoms with E-state index in [0.717, 1.165) is 10.9 Å². The van der Waals surface area contributed by atoms with Gasteiger partial charge in [-0.15, -0.1) is 0 Å². The number of H-pyrrole nitrogens is 1. The molecule has 4 nitrogen and oxygen atoms in total. The number of hydrogen-bond acceptors (Lipinski definition) is 2. The van der Waals surface area contributed by atoms with E-state index in [1.807, 2.05) is 24.3 Å². The minimum Gasteiger partial charge on any atom is -0.358 e. The number of halogens is 4. The van der Waals surface area contributed by atoms with Crippen molar-refractivity contribution in [3.8, 4) is 0 Å². The zero-order valence-electron chi connectivity index (χ0n) is 13.4. The van der Waals surface area contributed by atoms with Crippen molar-refractivity contribution in [2.24, 2.45) is 0 Å². The summed E-state index contributed by atoms with van der Waals surface area (Å²) in [4.78, 5) is 3.21. The number of nitrogens with one attached hydrogen (secondary N) is 2. The van der Waals surface area contributed by atoms with Gasteiger partial charge in [-0.25, -0.2) is 8.42 Å². The van der Waals surface area contributed by atoms with Gasteiger partial charge in [0.05, 0.1) is 10.9 Å². The predicted molar refractivity (Wildman–Crippen MR) is 108 cm³/mol. The van der Waals surface area contributed by atoms with Crippen LogP contribution in [-0.4, -0.2) is 17.2 Å². The first-order valence-electron chi connectivity index (χ1n) is 7.51. The molecular formula is C17H14Cl4N2O2S. The average molecular weight is 452 g/mol. The van der Waals surface area contributed by atoms with Crippen LogP contribution in [0.25, 0.3) is 10.9 Å². The lowest BCUT2D eigenvalue weighted by Crippen LogP contribution is -2.36. The van der Waals surface area contributed by atoms with E-state index in [1.54, 1.807) is 6.92 Å². The van der Waals surface area contributed by atoms with E-state index >= 15 is 0 Å². The minimum atomic E-state index is -3.95. The number of fused-ring (bicyclic) bond motifs is 1. The van der Waals surface area contributed by atoms with Crippen molar-refractivity contribution in [3.05, 3.63) is 64.8 Å². The molecule has 138 valence electrons. The number of rotatable bonds is 4. The smallest absolute Gasteiger partial charge is 0.241 e. The second-order valence-electron chi connectivity index (χ2n) is 5.76. The molecule has 1 aromatic heterocycles. The number of aryl methyl sites for hydroxylation is 1. The summed E-state index contributed by atoms with van der Waals surface area (Å²) in [6.45, 7) is 1.80. The van der Waals surface area contributed by atoms with E-state index in [0.29, 0.717) is 16.3 Å². The Morgan fingerprint density at radius 1 is 1.04 bits per heavy atom. The van der Waals surface area contributed by atoms with Gasteiger partial charge in [0.15, 0.2) is 0 Å². The standard InChI is InChI=1S/C17H14Cl4N2O2S/c1-10-15(13-4-2-3-5-14(13)22-10)16(17(19,20)21)23-26(24,25)12-8-6-11(18)7-9-12/h2-9,16,22-23H,1H3. The monoisotopic (exact) mass is 450 g/mol. The summed E-state index contributed by atoms with van der Waals surface area (Å²) in [7, 11) is -3.95. The first-order chi connectivity index (χ1) is 12.1. The normalized spacial score (nSPS) is 13.9. The van der Waals surface area contributed by atoms with E-state index in [4.69, 9.17) is 46.4 Å².